The number of hydrazone groups is 1. The van der Waals surface area contributed by atoms with E-state index in [1.54, 1.807) is 19.1 Å². The summed E-state index contributed by atoms with van der Waals surface area (Å²) in [6.45, 7) is 5.98. The van der Waals surface area contributed by atoms with Gasteiger partial charge in [-0.1, -0.05) is 49.7 Å². The van der Waals surface area contributed by atoms with Gasteiger partial charge in [-0.2, -0.15) is 10.1 Å². The minimum atomic E-state index is -1.41. The molecular formula is C21H18ClN2O3-. The molecule has 3 rings (SSSR count). The van der Waals surface area contributed by atoms with Crippen molar-refractivity contribution in [1.82, 2.24) is 0 Å². The van der Waals surface area contributed by atoms with Gasteiger partial charge in [0.1, 0.15) is 0 Å². The Morgan fingerprint density at radius 2 is 1.85 bits per heavy atom. The second-order valence-electron chi connectivity index (χ2n) is 6.63. The Bertz CT molecular complexity index is 975. The van der Waals surface area contributed by atoms with Crippen LogP contribution in [0.15, 0.2) is 53.1 Å². The van der Waals surface area contributed by atoms with Gasteiger partial charge in [0.05, 0.1) is 22.9 Å². The Hall–Kier alpha value is -2.92. The molecule has 0 saturated heterocycles. The van der Waals surface area contributed by atoms with E-state index >= 15 is 0 Å². The first kappa shape index (κ1) is 18.9. The Morgan fingerprint density at radius 1 is 1.19 bits per heavy atom. The van der Waals surface area contributed by atoms with Crippen LogP contribution >= 0.6 is 11.6 Å². The van der Waals surface area contributed by atoms with E-state index in [1.807, 2.05) is 24.3 Å². The molecule has 6 heteroatoms. The van der Waals surface area contributed by atoms with Crippen LogP contribution in [0.25, 0.3) is 6.08 Å². The molecule has 0 unspecified atom stereocenters. The van der Waals surface area contributed by atoms with E-state index in [2.05, 4.69) is 18.9 Å². The van der Waals surface area contributed by atoms with Gasteiger partial charge in [-0.05, 0) is 48.2 Å². The van der Waals surface area contributed by atoms with Gasteiger partial charge < -0.3 is 9.90 Å². The van der Waals surface area contributed by atoms with Gasteiger partial charge in [0, 0.05) is 10.6 Å². The molecule has 138 valence electrons. The van der Waals surface area contributed by atoms with Crippen LogP contribution in [0.3, 0.4) is 0 Å². The predicted molar refractivity (Wildman–Crippen MR) is 105 cm³/mol. The summed E-state index contributed by atoms with van der Waals surface area (Å²) in [4.78, 5) is 24.0. The number of hydrogen-bond donors (Lipinski definition) is 0. The van der Waals surface area contributed by atoms with Gasteiger partial charge in [-0.15, -0.1) is 0 Å². The number of nitrogens with zero attached hydrogens (tertiary/aromatic N) is 2. The summed E-state index contributed by atoms with van der Waals surface area (Å²) in [6.07, 6.45) is 1.78. The predicted octanol–water partition coefficient (Wildman–Crippen LogP) is 3.63. The highest BCUT2D eigenvalue weighted by Crippen LogP contribution is 2.28. The molecule has 0 N–H and O–H groups in total. The Labute approximate surface area is 162 Å². The average molecular weight is 382 g/mol. The number of carboxylic acids is 1. The van der Waals surface area contributed by atoms with Crippen molar-refractivity contribution in [2.75, 3.05) is 5.01 Å². The summed E-state index contributed by atoms with van der Waals surface area (Å²) in [5, 5.41) is 16.7. The van der Waals surface area contributed by atoms with Crippen molar-refractivity contribution in [3.63, 3.8) is 0 Å². The van der Waals surface area contributed by atoms with Crippen molar-refractivity contribution >= 4 is 41.0 Å². The molecule has 27 heavy (non-hydrogen) atoms. The third kappa shape index (κ3) is 3.78. The molecule has 2 aromatic carbocycles. The zero-order valence-corrected chi connectivity index (χ0v) is 15.9. The summed E-state index contributed by atoms with van der Waals surface area (Å²) in [6, 6.07) is 12.2. The fourth-order valence-electron chi connectivity index (χ4n) is 2.80. The summed E-state index contributed by atoms with van der Waals surface area (Å²) >= 11 is 5.86. The lowest BCUT2D eigenvalue weighted by atomic mass is 10.0. The number of benzene rings is 2. The highest BCUT2D eigenvalue weighted by Gasteiger charge is 2.29. The number of amides is 1. The van der Waals surface area contributed by atoms with E-state index in [1.165, 1.54) is 22.7 Å². The molecule has 1 aliphatic heterocycles. The standard InChI is InChI=1S/C21H19ClN2O3/c1-12(2)15-6-4-14(5-7-15)10-17-13(3)23-24(20(17)25)16-8-9-19(22)18(11-16)21(26)27/h4-12H,1-3H3,(H,26,27)/p-1/b17-10-. The summed E-state index contributed by atoms with van der Waals surface area (Å²) < 4.78 is 0. The van der Waals surface area contributed by atoms with Gasteiger partial charge in [0.25, 0.3) is 5.91 Å². The molecule has 2 aromatic rings. The maximum absolute atomic E-state index is 12.8. The average Bonchev–Trinajstić information content (AvgIpc) is 2.90. The highest BCUT2D eigenvalue weighted by molar-refractivity contribution is 6.34. The minimum Gasteiger partial charge on any atom is -0.545 e. The number of halogens is 1. The molecular weight excluding hydrogens is 364 g/mol. The number of carbonyl (C=O) groups is 2. The maximum Gasteiger partial charge on any atom is 0.280 e. The molecule has 0 spiro atoms. The van der Waals surface area contributed by atoms with Crippen LogP contribution < -0.4 is 10.1 Å². The molecule has 5 nitrogen and oxygen atoms in total. The monoisotopic (exact) mass is 381 g/mol. The molecule has 0 bridgehead atoms. The van der Waals surface area contributed by atoms with Crippen molar-refractivity contribution in [1.29, 1.82) is 0 Å². The Kier molecular flexibility index (Phi) is 5.15. The highest BCUT2D eigenvalue weighted by atomic mass is 35.5. The van der Waals surface area contributed by atoms with Crippen LogP contribution in [-0.4, -0.2) is 17.6 Å². The normalized spacial score (nSPS) is 15.6. The molecule has 0 fully saturated rings. The van der Waals surface area contributed by atoms with Crippen LogP contribution in [-0.2, 0) is 4.79 Å². The fraction of sp³-hybridized carbons (Fsp3) is 0.190. The first-order valence-corrected chi connectivity index (χ1v) is 8.88. The third-order valence-corrected chi connectivity index (χ3v) is 4.72. The molecule has 0 aromatic heterocycles. The minimum absolute atomic E-state index is 0.0482. The Balaban J connectivity index is 1.92. The molecule has 1 heterocycles. The molecule has 0 aliphatic carbocycles. The lowest BCUT2D eigenvalue weighted by Gasteiger charge is -2.14. The van der Waals surface area contributed by atoms with Gasteiger partial charge in [0.2, 0.25) is 0 Å². The number of aromatic carboxylic acids is 1. The van der Waals surface area contributed by atoms with Crippen LogP contribution in [0.4, 0.5) is 5.69 Å². The topological polar surface area (TPSA) is 72.8 Å². The Morgan fingerprint density at radius 3 is 2.44 bits per heavy atom. The second-order valence-corrected chi connectivity index (χ2v) is 7.04. The molecule has 0 saturated carbocycles. The van der Waals surface area contributed by atoms with Crippen molar-refractivity contribution in [3.05, 3.63) is 69.8 Å². The van der Waals surface area contributed by atoms with Crippen LogP contribution in [0, 0.1) is 0 Å². The fourth-order valence-corrected chi connectivity index (χ4v) is 3.00. The zero-order chi connectivity index (χ0) is 19.7. The number of anilines is 1. The van der Waals surface area contributed by atoms with Crippen molar-refractivity contribution < 1.29 is 14.7 Å². The van der Waals surface area contributed by atoms with E-state index in [0.717, 1.165) is 5.56 Å². The first-order valence-electron chi connectivity index (χ1n) is 8.50. The first-order chi connectivity index (χ1) is 12.8. The number of carboxylic acid groups (broad SMARTS) is 1. The molecule has 0 atom stereocenters. The van der Waals surface area contributed by atoms with Crippen molar-refractivity contribution in [2.24, 2.45) is 5.10 Å². The lowest BCUT2D eigenvalue weighted by Crippen LogP contribution is -2.25. The van der Waals surface area contributed by atoms with Gasteiger partial charge in [-0.25, -0.2) is 0 Å². The second kappa shape index (κ2) is 7.37. The summed E-state index contributed by atoms with van der Waals surface area (Å²) in [5.41, 5.74) is 3.26. The van der Waals surface area contributed by atoms with Gasteiger partial charge in [0.15, 0.2) is 0 Å². The van der Waals surface area contributed by atoms with E-state index in [0.29, 0.717) is 22.9 Å². The summed E-state index contributed by atoms with van der Waals surface area (Å²) in [5.74, 6) is -1.30. The summed E-state index contributed by atoms with van der Waals surface area (Å²) in [7, 11) is 0. The number of rotatable bonds is 4. The van der Waals surface area contributed by atoms with Gasteiger partial charge >= 0.3 is 0 Å². The molecule has 1 aliphatic rings. The zero-order valence-electron chi connectivity index (χ0n) is 15.2. The smallest absolute Gasteiger partial charge is 0.280 e. The third-order valence-electron chi connectivity index (χ3n) is 4.39. The van der Waals surface area contributed by atoms with Crippen molar-refractivity contribution in [3.8, 4) is 0 Å². The number of hydrogen-bond acceptors (Lipinski definition) is 4. The largest absolute Gasteiger partial charge is 0.545 e. The van der Waals surface area contributed by atoms with Crippen molar-refractivity contribution in [2.45, 2.75) is 26.7 Å². The van der Waals surface area contributed by atoms with Crippen LogP contribution in [0.5, 0.6) is 0 Å². The van der Waals surface area contributed by atoms with E-state index < -0.39 is 5.97 Å². The lowest BCUT2D eigenvalue weighted by molar-refractivity contribution is -0.255. The number of carbonyl (C=O) groups excluding carboxylic acids is 2. The molecule has 1 amide bonds. The SMILES string of the molecule is CC1=NN(c2ccc(Cl)c(C(=O)[O-])c2)C(=O)/C1=C\c1ccc(C(C)C)cc1. The van der Waals surface area contributed by atoms with E-state index in [-0.39, 0.29) is 16.5 Å². The maximum atomic E-state index is 12.8. The van der Waals surface area contributed by atoms with E-state index in [9.17, 15) is 14.7 Å². The quantitative estimate of drug-likeness (QED) is 0.759. The van der Waals surface area contributed by atoms with Crippen LogP contribution in [0.1, 0.15) is 48.2 Å². The van der Waals surface area contributed by atoms with Crippen LogP contribution in [0.2, 0.25) is 5.02 Å². The van der Waals surface area contributed by atoms with Gasteiger partial charge in [-0.3, -0.25) is 4.79 Å². The van der Waals surface area contributed by atoms with E-state index in [4.69, 9.17) is 11.6 Å². The molecule has 0 radical (unpaired) electrons.